The third-order valence-corrected chi connectivity index (χ3v) is 8.38. The Morgan fingerprint density at radius 1 is 1.19 bits per heavy atom. The van der Waals surface area contributed by atoms with Gasteiger partial charge < -0.3 is 15.0 Å². The van der Waals surface area contributed by atoms with Gasteiger partial charge in [-0.3, -0.25) is 19.7 Å². The molecular weight excluding hydrogens is 501 g/mol. The van der Waals surface area contributed by atoms with Crippen molar-refractivity contribution in [2.45, 2.75) is 51.5 Å². The number of amides is 2. The lowest BCUT2D eigenvalue weighted by molar-refractivity contribution is -0.385. The number of nitro benzene ring substituents is 1. The number of piperidine rings is 1. The molecule has 10 heteroatoms. The van der Waals surface area contributed by atoms with E-state index in [1.165, 1.54) is 24.3 Å². The molecule has 8 nitrogen and oxygen atoms in total. The number of halogens is 2. The fourth-order valence-corrected chi connectivity index (χ4v) is 5.64. The summed E-state index contributed by atoms with van der Waals surface area (Å²) in [5.74, 6) is -0.448. The molecule has 0 bridgehead atoms. The van der Waals surface area contributed by atoms with Gasteiger partial charge in [0.2, 0.25) is 0 Å². The van der Waals surface area contributed by atoms with Crippen LogP contribution in [-0.2, 0) is 0 Å². The van der Waals surface area contributed by atoms with Crippen molar-refractivity contribution in [3.63, 3.8) is 0 Å². The Morgan fingerprint density at radius 2 is 1.92 bits per heavy atom. The first kappa shape index (κ1) is 25.4. The van der Waals surface area contributed by atoms with Gasteiger partial charge in [-0.2, -0.15) is 0 Å². The van der Waals surface area contributed by atoms with Gasteiger partial charge >= 0.3 is 0 Å². The van der Waals surface area contributed by atoms with Gasteiger partial charge in [0.25, 0.3) is 17.5 Å². The normalized spacial score (nSPS) is 20.3. The molecule has 37 heavy (non-hydrogen) atoms. The summed E-state index contributed by atoms with van der Waals surface area (Å²) in [6.45, 7) is 3.06. The fraction of sp³-hybridized carbons (Fsp3) is 0.481. The largest absolute Gasteiger partial charge is 0.490 e. The molecule has 0 aromatic heterocycles. The van der Waals surface area contributed by atoms with Gasteiger partial charge in [-0.1, -0.05) is 11.6 Å². The Hall–Kier alpha value is -3.20. The predicted molar refractivity (Wildman–Crippen MR) is 136 cm³/mol. The average Bonchev–Trinajstić information content (AvgIpc) is 3.71. The van der Waals surface area contributed by atoms with Crippen LogP contribution >= 0.6 is 11.6 Å². The van der Waals surface area contributed by atoms with Crippen LogP contribution in [0.3, 0.4) is 0 Å². The lowest BCUT2D eigenvalue weighted by Gasteiger charge is -2.54. The SMILES string of the molecule is Cc1c(C(=O)NC2CCC23CCN(C(=O)c2ccc(OCC4CC4)c(F)c2)CC3)cc(Cl)cc1[N+](=O)[O-]. The first-order valence-corrected chi connectivity index (χ1v) is 13.0. The monoisotopic (exact) mass is 529 g/mol. The summed E-state index contributed by atoms with van der Waals surface area (Å²) in [6, 6.07) is 6.98. The van der Waals surface area contributed by atoms with E-state index in [9.17, 15) is 24.1 Å². The second kappa shape index (κ2) is 9.93. The van der Waals surface area contributed by atoms with Crippen molar-refractivity contribution in [1.82, 2.24) is 10.2 Å². The molecule has 1 unspecified atom stereocenters. The predicted octanol–water partition coefficient (Wildman–Crippen LogP) is 5.30. The van der Waals surface area contributed by atoms with Crippen LogP contribution in [-0.4, -0.2) is 47.4 Å². The smallest absolute Gasteiger partial charge is 0.274 e. The van der Waals surface area contributed by atoms with Crippen molar-refractivity contribution in [3.05, 3.63) is 68.0 Å². The summed E-state index contributed by atoms with van der Waals surface area (Å²) in [4.78, 5) is 38.6. The molecule has 5 rings (SSSR count). The number of hydrogen-bond acceptors (Lipinski definition) is 5. The van der Waals surface area contributed by atoms with E-state index >= 15 is 0 Å². The van der Waals surface area contributed by atoms with Gasteiger partial charge in [-0.25, -0.2) is 4.39 Å². The molecule has 0 radical (unpaired) electrons. The van der Waals surface area contributed by atoms with E-state index in [-0.39, 0.29) is 50.9 Å². The van der Waals surface area contributed by atoms with Gasteiger partial charge in [-0.05, 0) is 81.0 Å². The molecule has 3 fully saturated rings. The topological polar surface area (TPSA) is 102 Å². The van der Waals surface area contributed by atoms with E-state index in [4.69, 9.17) is 16.3 Å². The molecule has 1 atom stereocenters. The number of ether oxygens (including phenoxy) is 1. The highest BCUT2D eigenvalue weighted by molar-refractivity contribution is 6.31. The van der Waals surface area contributed by atoms with Gasteiger partial charge in [0.1, 0.15) is 0 Å². The summed E-state index contributed by atoms with van der Waals surface area (Å²) < 4.78 is 20.0. The Morgan fingerprint density at radius 3 is 2.51 bits per heavy atom. The maximum absolute atomic E-state index is 14.5. The third-order valence-electron chi connectivity index (χ3n) is 8.16. The molecule has 2 aromatic carbocycles. The second-order valence-electron chi connectivity index (χ2n) is 10.5. The number of nitrogens with one attached hydrogen (secondary N) is 1. The van der Waals surface area contributed by atoms with Crippen molar-refractivity contribution in [2.75, 3.05) is 19.7 Å². The maximum atomic E-state index is 14.5. The number of nitro groups is 1. The quantitative estimate of drug-likeness (QED) is 0.387. The summed E-state index contributed by atoms with van der Waals surface area (Å²) in [7, 11) is 0. The van der Waals surface area contributed by atoms with Crippen LogP contribution < -0.4 is 10.1 Å². The molecule has 1 N–H and O–H groups in total. The summed E-state index contributed by atoms with van der Waals surface area (Å²) in [5.41, 5.74) is 0.448. The van der Waals surface area contributed by atoms with E-state index in [2.05, 4.69) is 5.32 Å². The lowest BCUT2D eigenvalue weighted by atomic mass is 9.59. The summed E-state index contributed by atoms with van der Waals surface area (Å²) >= 11 is 6.03. The van der Waals surface area contributed by atoms with Crippen LogP contribution in [0.1, 0.15) is 64.8 Å². The van der Waals surface area contributed by atoms with Gasteiger partial charge in [0.15, 0.2) is 11.6 Å². The molecule has 3 aliphatic rings. The number of nitrogens with zero attached hydrogens (tertiary/aromatic N) is 2. The van der Waals surface area contributed by atoms with Crippen molar-refractivity contribution >= 4 is 29.1 Å². The average molecular weight is 530 g/mol. The molecule has 2 aliphatic carbocycles. The van der Waals surface area contributed by atoms with Crippen LogP contribution in [0.15, 0.2) is 30.3 Å². The zero-order valence-corrected chi connectivity index (χ0v) is 21.4. The van der Waals surface area contributed by atoms with Crippen molar-refractivity contribution < 1.29 is 23.6 Å². The zero-order chi connectivity index (χ0) is 26.3. The van der Waals surface area contributed by atoms with Crippen molar-refractivity contribution in [2.24, 2.45) is 11.3 Å². The molecule has 196 valence electrons. The zero-order valence-electron chi connectivity index (χ0n) is 20.6. The molecule has 2 saturated carbocycles. The van der Waals surface area contributed by atoms with Crippen LogP contribution in [0.2, 0.25) is 5.02 Å². The maximum Gasteiger partial charge on any atom is 0.274 e. The minimum absolute atomic E-state index is 0.0879. The van der Waals surface area contributed by atoms with E-state index in [0.717, 1.165) is 25.7 Å². The third kappa shape index (κ3) is 5.14. The lowest BCUT2D eigenvalue weighted by Crippen LogP contribution is -2.59. The minimum Gasteiger partial charge on any atom is -0.490 e. The standard InChI is InChI=1S/C27H29ClFN3O5/c1-16-20(13-19(28)14-22(16)32(35)36)25(33)30-24-6-7-27(24)8-10-31(11-9-27)26(34)18-4-5-23(21(29)12-18)37-15-17-2-3-17/h4-5,12-14,17,24H,2-3,6-11,15H2,1H3,(H,30,33). The number of rotatable bonds is 7. The van der Waals surface area contributed by atoms with Gasteiger partial charge in [0.05, 0.1) is 17.1 Å². The van der Waals surface area contributed by atoms with Crippen LogP contribution in [0.4, 0.5) is 10.1 Å². The number of carbonyl (C=O) groups excluding carboxylic acids is 2. The van der Waals surface area contributed by atoms with Crippen molar-refractivity contribution in [1.29, 1.82) is 0 Å². The van der Waals surface area contributed by atoms with E-state index < -0.39 is 10.7 Å². The first-order chi connectivity index (χ1) is 17.7. The second-order valence-corrected chi connectivity index (χ2v) is 10.9. The van der Waals surface area contributed by atoms with Gasteiger partial charge in [-0.15, -0.1) is 0 Å². The van der Waals surface area contributed by atoms with Crippen LogP contribution in [0.25, 0.3) is 0 Å². The molecule has 1 saturated heterocycles. The number of hydrogen-bond donors (Lipinski definition) is 1. The Balaban J connectivity index is 1.20. The molecule has 1 heterocycles. The Bertz CT molecular complexity index is 1260. The number of likely N-dealkylation sites (tertiary alicyclic amines) is 1. The Labute approximate surface area is 219 Å². The fourth-order valence-electron chi connectivity index (χ4n) is 5.43. The van der Waals surface area contributed by atoms with E-state index in [1.807, 2.05) is 0 Å². The number of benzene rings is 2. The highest BCUT2D eigenvalue weighted by Gasteiger charge is 2.49. The molecule has 1 aliphatic heterocycles. The first-order valence-electron chi connectivity index (χ1n) is 12.6. The van der Waals surface area contributed by atoms with E-state index in [0.29, 0.717) is 44.0 Å². The minimum atomic E-state index is -0.545. The molecule has 2 amide bonds. The highest BCUT2D eigenvalue weighted by atomic mass is 35.5. The van der Waals surface area contributed by atoms with Crippen LogP contribution in [0.5, 0.6) is 5.75 Å². The van der Waals surface area contributed by atoms with Crippen molar-refractivity contribution in [3.8, 4) is 5.75 Å². The molecule has 1 spiro atoms. The van der Waals surface area contributed by atoms with Gasteiger partial charge in [0, 0.05) is 41.3 Å². The highest BCUT2D eigenvalue weighted by Crippen LogP contribution is 2.49. The molecular formula is C27H29ClFN3O5. The summed E-state index contributed by atoms with van der Waals surface area (Å²) in [5, 5.41) is 14.5. The molecule has 2 aromatic rings. The van der Waals surface area contributed by atoms with Crippen LogP contribution in [0, 0.1) is 34.2 Å². The van der Waals surface area contributed by atoms with E-state index in [1.54, 1.807) is 17.9 Å². The number of carbonyl (C=O) groups is 2. The summed E-state index contributed by atoms with van der Waals surface area (Å²) in [6.07, 6.45) is 5.38. The Kier molecular flexibility index (Phi) is 6.83.